The third kappa shape index (κ3) is 3.48. The first kappa shape index (κ1) is 13.0. The Morgan fingerprint density at radius 2 is 2.12 bits per heavy atom. The number of amides is 2. The molecule has 92 valence electrons. The molecule has 0 bridgehead atoms. The van der Waals surface area contributed by atoms with Crippen LogP contribution < -0.4 is 16.8 Å². The Kier molecular flexibility index (Phi) is 4.73. The Morgan fingerprint density at radius 1 is 1.44 bits per heavy atom. The normalized spacial score (nSPS) is 26.4. The molecule has 1 aliphatic carbocycles. The Morgan fingerprint density at radius 3 is 2.69 bits per heavy atom. The molecule has 1 aliphatic rings. The van der Waals surface area contributed by atoms with Crippen molar-refractivity contribution in [3.63, 3.8) is 0 Å². The average molecular weight is 227 g/mol. The molecule has 0 aromatic heterocycles. The molecule has 5 heteroatoms. The maximum Gasteiger partial charge on any atom is 0.223 e. The van der Waals surface area contributed by atoms with Crippen LogP contribution in [0.4, 0.5) is 0 Å². The molecule has 5 N–H and O–H groups in total. The monoisotopic (exact) mass is 227 g/mol. The van der Waals surface area contributed by atoms with E-state index in [0.29, 0.717) is 12.5 Å². The Bertz CT molecular complexity index is 268. The average Bonchev–Trinajstić information content (AvgIpc) is 2.63. The van der Waals surface area contributed by atoms with Gasteiger partial charge in [0.05, 0.1) is 0 Å². The molecule has 3 atom stereocenters. The van der Waals surface area contributed by atoms with E-state index in [1.165, 1.54) is 0 Å². The van der Waals surface area contributed by atoms with Gasteiger partial charge in [-0.15, -0.1) is 0 Å². The Labute approximate surface area is 95.9 Å². The van der Waals surface area contributed by atoms with Crippen molar-refractivity contribution in [2.75, 3.05) is 6.54 Å². The molecule has 0 saturated heterocycles. The number of hydrogen-bond donors (Lipinski definition) is 3. The molecule has 1 fully saturated rings. The highest BCUT2D eigenvalue weighted by Gasteiger charge is 2.32. The molecular weight excluding hydrogens is 206 g/mol. The SMILES string of the molecule is CC(CC(N)=O)NC(=O)C1CCCC1CN. The molecule has 0 aliphatic heterocycles. The van der Waals surface area contributed by atoms with Crippen LogP contribution in [0.25, 0.3) is 0 Å². The lowest BCUT2D eigenvalue weighted by molar-refractivity contribution is -0.126. The molecule has 2 amide bonds. The van der Waals surface area contributed by atoms with E-state index < -0.39 is 5.91 Å². The van der Waals surface area contributed by atoms with E-state index in [9.17, 15) is 9.59 Å². The fourth-order valence-corrected chi connectivity index (χ4v) is 2.37. The topological polar surface area (TPSA) is 98.2 Å². The Balaban J connectivity index is 2.42. The van der Waals surface area contributed by atoms with E-state index in [1.54, 1.807) is 6.92 Å². The fraction of sp³-hybridized carbons (Fsp3) is 0.818. The molecule has 0 radical (unpaired) electrons. The van der Waals surface area contributed by atoms with Gasteiger partial charge in [-0.3, -0.25) is 9.59 Å². The van der Waals surface area contributed by atoms with Crippen molar-refractivity contribution in [1.82, 2.24) is 5.32 Å². The third-order valence-electron chi connectivity index (χ3n) is 3.19. The van der Waals surface area contributed by atoms with E-state index in [0.717, 1.165) is 19.3 Å². The van der Waals surface area contributed by atoms with Crippen LogP contribution in [0.15, 0.2) is 0 Å². The molecular formula is C11H21N3O2. The summed E-state index contributed by atoms with van der Waals surface area (Å²) in [6.45, 7) is 2.34. The predicted molar refractivity (Wildman–Crippen MR) is 61.3 cm³/mol. The van der Waals surface area contributed by atoms with Gasteiger partial charge in [-0.1, -0.05) is 6.42 Å². The summed E-state index contributed by atoms with van der Waals surface area (Å²) in [5, 5.41) is 2.82. The van der Waals surface area contributed by atoms with Crippen LogP contribution in [0.3, 0.4) is 0 Å². The second-order valence-electron chi connectivity index (χ2n) is 4.61. The molecule has 1 rings (SSSR count). The van der Waals surface area contributed by atoms with E-state index in [1.807, 2.05) is 0 Å². The maximum absolute atomic E-state index is 11.9. The largest absolute Gasteiger partial charge is 0.370 e. The van der Waals surface area contributed by atoms with E-state index in [2.05, 4.69) is 5.32 Å². The van der Waals surface area contributed by atoms with Gasteiger partial charge < -0.3 is 16.8 Å². The van der Waals surface area contributed by atoms with Crippen LogP contribution in [-0.2, 0) is 9.59 Å². The molecule has 0 heterocycles. The lowest BCUT2D eigenvalue weighted by Crippen LogP contribution is -2.41. The van der Waals surface area contributed by atoms with Gasteiger partial charge in [-0.25, -0.2) is 0 Å². The van der Waals surface area contributed by atoms with Crippen molar-refractivity contribution in [3.05, 3.63) is 0 Å². The van der Waals surface area contributed by atoms with Crippen molar-refractivity contribution < 1.29 is 9.59 Å². The number of primary amides is 1. The number of rotatable bonds is 5. The zero-order chi connectivity index (χ0) is 12.1. The van der Waals surface area contributed by atoms with Gasteiger partial charge in [0, 0.05) is 18.4 Å². The summed E-state index contributed by atoms with van der Waals surface area (Å²) < 4.78 is 0. The molecule has 5 nitrogen and oxygen atoms in total. The quantitative estimate of drug-likeness (QED) is 0.603. The highest BCUT2D eigenvalue weighted by atomic mass is 16.2. The minimum Gasteiger partial charge on any atom is -0.370 e. The molecule has 0 aromatic carbocycles. The van der Waals surface area contributed by atoms with Crippen molar-refractivity contribution in [3.8, 4) is 0 Å². The van der Waals surface area contributed by atoms with Gasteiger partial charge in [-0.05, 0) is 32.2 Å². The van der Waals surface area contributed by atoms with Crippen LogP contribution in [0.5, 0.6) is 0 Å². The molecule has 0 aromatic rings. The number of nitrogens with two attached hydrogens (primary N) is 2. The van der Waals surface area contributed by atoms with Crippen LogP contribution in [0.1, 0.15) is 32.6 Å². The lowest BCUT2D eigenvalue weighted by atomic mass is 9.95. The minimum atomic E-state index is -0.394. The predicted octanol–water partition coefficient (Wildman–Crippen LogP) is -0.258. The molecule has 0 spiro atoms. The first-order valence-corrected chi connectivity index (χ1v) is 5.83. The smallest absolute Gasteiger partial charge is 0.223 e. The van der Waals surface area contributed by atoms with Gasteiger partial charge in [0.2, 0.25) is 11.8 Å². The number of nitrogens with one attached hydrogen (secondary N) is 1. The molecule has 1 saturated carbocycles. The van der Waals surface area contributed by atoms with Crippen molar-refractivity contribution in [2.24, 2.45) is 23.3 Å². The summed E-state index contributed by atoms with van der Waals surface area (Å²) in [6.07, 6.45) is 3.17. The summed E-state index contributed by atoms with van der Waals surface area (Å²) in [7, 11) is 0. The number of carbonyl (C=O) groups is 2. The summed E-state index contributed by atoms with van der Waals surface area (Å²) in [6, 6.07) is -0.191. The fourth-order valence-electron chi connectivity index (χ4n) is 2.37. The van der Waals surface area contributed by atoms with Crippen LogP contribution in [0.2, 0.25) is 0 Å². The summed E-state index contributed by atoms with van der Waals surface area (Å²) >= 11 is 0. The summed E-state index contributed by atoms with van der Waals surface area (Å²) in [5.41, 5.74) is 10.7. The third-order valence-corrected chi connectivity index (χ3v) is 3.19. The van der Waals surface area contributed by atoms with Crippen molar-refractivity contribution in [1.29, 1.82) is 0 Å². The highest BCUT2D eigenvalue weighted by molar-refractivity contribution is 5.81. The molecule has 3 unspecified atom stereocenters. The van der Waals surface area contributed by atoms with Gasteiger partial charge in [0.25, 0.3) is 0 Å². The first-order chi connectivity index (χ1) is 7.54. The van der Waals surface area contributed by atoms with Gasteiger partial charge in [0.15, 0.2) is 0 Å². The molecule has 16 heavy (non-hydrogen) atoms. The zero-order valence-corrected chi connectivity index (χ0v) is 9.74. The summed E-state index contributed by atoms with van der Waals surface area (Å²) in [5.74, 6) is -0.0719. The lowest BCUT2D eigenvalue weighted by Gasteiger charge is -2.20. The second kappa shape index (κ2) is 5.84. The van der Waals surface area contributed by atoms with Crippen LogP contribution in [-0.4, -0.2) is 24.4 Å². The van der Waals surface area contributed by atoms with E-state index in [4.69, 9.17) is 11.5 Å². The number of hydrogen-bond acceptors (Lipinski definition) is 3. The van der Waals surface area contributed by atoms with Gasteiger partial charge in [0.1, 0.15) is 0 Å². The Hall–Kier alpha value is -1.10. The van der Waals surface area contributed by atoms with Crippen LogP contribution >= 0.6 is 0 Å². The van der Waals surface area contributed by atoms with Gasteiger partial charge in [-0.2, -0.15) is 0 Å². The maximum atomic E-state index is 11.9. The minimum absolute atomic E-state index is 0.0142. The van der Waals surface area contributed by atoms with Crippen molar-refractivity contribution >= 4 is 11.8 Å². The van der Waals surface area contributed by atoms with Crippen LogP contribution in [0, 0.1) is 11.8 Å². The number of carbonyl (C=O) groups excluding carboxylic acids is 2. The standard InChI is InChI=1S/C11H21N3O2/c1-7(5-10(13)15)14-11(16)9-4-2-3-8(9)6-12/h7-9H,2-6,12H2,1H3,(H2,13,15)(H,14,16). The van der Waals surface area contributed by atoms with Gasteiger partial charge >= 0.3 is 0 Å². The van der Waals surface area contributed by atoms with Crippen molar-refractivity contribution in [2.45, 2.75) is 38.6 Å². The summed E-state index contributed by atoms with van der Waals surface area (Å²) in [4.78, 5) is 22.6. The van der Waals surface area contributed by atoms with E-state index in [-0.39, 0.29) is 24.3 Å². The second-order valence-corrected chi connectivity index (χ2v) is 4.61. The highest BCUT2D eigenvalue weighted by Crippen LogP contribution is 2.31. The first-order valence-electron chi connectivity index (χ1n) is 5.83. The zero-order valence-electron chi connectivity index (χ0n) is 9.74. The van der Waals surface area contributed by atoms with E-state index >= 15 is 0 Å².